The van der Waals surface area contributed by atoms with Crippen LogP contribution in [-0.2, 0) is 19.4 Å². The van der Waals surface area contributed by atoms with Crippen LogP contribution in [0, 0.1) is 0 Å². The van der Waals surface area contributed by atoms with E-state index >= 15 is 0 Å². The first kappa shape index (κ1) is 19.6. The maximum absolute atomic E-state index is 4.69. The first-order chi connectivity index (χ1) is 13.8. The second kappa shape index (κ2) is 10.9. The van der Waals surface area contributed by atoms with Crippen molar-refractivity contribution < 1.29 is 0 Å². The van der Waals surface area contributed by atoms with Gasteiger partial charge < -0.3 is 15.2 Å². The van der Waals surface area contributed by atoms with Crippen LogP contribution in [0.3, 0.4) is 0 Å². The SMILES string of the molecule is CCNC(=NCCc1nccn1Cc1ccccc1)NCCc1ccccn1. The zero-order valence-corrected chi connectivity index (χ0v) is 16.4. The van der Waals surface area contributed by atoms with Gasteiger partial charge in [-0.2, -0.15) is 0 Å². The fourth-order valence-corrected chi connectivity index (χ4v) is 2.96. The molecule has 0 bridgehead atoms. The summed E-state index contributed by atoms with van der Waals surface area (Å²) in [7, 11) is 0. The molecule has 0 spiro atoms. The van der Waals surface area contributed by atoms with E-state index in [2.05, 4.69) is 61.4 Å². The lowest BCUT2D eigenvalue weighted by Crippen LogP contribution is -2.38. The third kappa shape index (κ3) is 6.23. The van der Waals surface area contributed by atoms with Crippen molar-refractivity contribution in [1.29, 1.82) is 0 Å². The Labute approximate surface area is 166 Å². The number of aromatic nitrogens is 3. The normalized spacial score (nSPS) is 11.4. The van der Waals surface area contributed by atoms with Gasteiger partial charge in [0.15, 0.2) is 5.96 Å². The molecule has 6 heteroatoms. The molecule has 0 radical (unpaired) electrons. The van der Waals surface area contributed by atoms with E-state index in [0.717, 1.165) is 50.0 Å². The standard InChI is InChI=1S/C22H28N6/c1-2-23-22(26-14-11-20-10-6-7-13-24-20)27-15-12-21-25-16-17-28(21)18-19-8-4-3-5-9-19/h3-10,13,16-17H,2,11-12,14-15,18H2,1H3,(H2,23,26,27). The molecule has 0 aliphatic carbocycles. The van der Waals surface area contributed by atoms with Gasteiger partial charge in [0.25, 0.3) is 0 Å². The average Bonchev–Trinajstić information content (AvgIpc) is 3.16. The minimum absolute atomic E-state index is 0.685. The number of hydrogen-bond acceptors (Lipinski definition) is 3. The number of rotatable bonds is 9. The monoisotopic (exact) mass is 376 g/mol. The Morgan fingerprint density at radius 2 is 1.82 bits per heavy atom. The van der Waals surface area contributed by atoms with Crippen LogP contribution in [0.4, 0.5) is 0 Å². The molecule has 0 unspecified atom stereocenters. The highest BCUT2D eigenvalue weighted by Gasteiger charge is 2.04. The fraction of sp³-hybridized carbons (Fsp3) is 0.318. The fourth-order valence-electron chi connectivity index (χ4n) is 2.96. The lowest BCUT2D eigenvalue weighted by molar-refractivity contribution is 0.712. The quantitative estimate of drug-likeness (QED) is 0.445. The van der Waals surface area contributed by atoms with Crippen molar-refractivity contribution in [3.05, 3.63) is 84.2 Å². The molecule has 2 N–H and O–H groups in total. The molecule has 0 saturated heterocycles. The van der Waals surface area contributed by atoms with Crippen LogP contribution in [0.5, 0.6) is 0 Å². The highest BCUT2D eigenvalue weighted by atomic mass is 15.2. The molecular weight excluding hydrogens is 348 g/mol. The first-order valence-electron chi connectivity index (χ1n) is 9.81. The number of benzene rings is 1. The van der Waals surface area contributed by atoms with E-state index in [1.165, 1.54) is 5.56 Å². The molecule has 28 heavy (non-hydrogen) atoms. The molecule has 6 nitrogen and oxygen atoms in total. The van der Waals surface area contributed by atoms with Crippen LogP contribution in [0.15, 0.2) is 72.1 Å². The highest BCUT2D eigenvalue weighted by Crippen LogP contribution is 2.06. The molecule has 0 amide bonds. The van der Waals surface area contributed by atoms with Crippen LogP contribution in [0.2, 0.25) is 0 Å². The van der Waals surface area contributed by atoms with Gasteiger partial charge in [-0.3, -0.25) is 9.98 Å². The number of nitrogens with zero attached hydrogens (tertiary/aromatic N) is 4. The van der Waals surface area contributed by atoms with Gasteiger partial charge in [-0.1, -0.05) is 36.4 Å². The Morgan fingerprint density at radius 1 is 0.964 bits per heavy atom. The molecule has 1 aromatic carbocycles. The van der Waals surface area contributed by atoms with Crippen molar-refractivity contribution in [2.24, 2.45) is 4.99 Å². The van der Waals surface area contributed by atoms with E-state index < -0.39 is 0 Å². The first-order valence-corrected chi connectivity index (χ1v) is 9.81. The Morgan fingerprint density at radius 3 is 2.61 bits per heavy atom. The van der Waals surface area contributed by atoms with Crippen molar-refractivity contribution in [3.8, 4) is 0 Å². The smallest absolute Gasteiger partial charge is 0.191 e. The van der Waals surface area contributed by atoms with E-state index in [0.29, 0.717) is 6.54 Å². The topological polar surface area (TPSA) is 67.1 Å². The number of imidazole rings is 1. The summed E-state index contributed by atoms with van der Waals surface area (Å²) in [4.78, 5) is 13.5. The second-order valence-electron chi connectivity index (χ2n) is 6.47. The summed E-state index contributed by atoms with van der Waals surface area (Å²) < 4.78 is 2.19. The van der Waals surface area contributed by atoms with Crippen molar-refractivity contribution in [2.45, 2.75) is 26.3 Å². The number of guanidine groups is 1. The Balaban J connectivity index is 1.50. The van der Waals surface area contributed by atoms with Crippen molar-refractivity contribution >= 4 is 5.96 Å². The summed E-state index contributed by atoms with van der Waals surface area (Å²) in [5.41, 5.74) is 2.35. The van der Waals surface area contributed by atoms with E-state index in [1.807, 2.05) is 42.9 Å². The van der Waals surface area contributed by atoms with Gasteiger partial charge in [-0.05, 0) is 24.6 Å². The molecule has 146 valence electrons. The van der Waals surface area contributed by atoms with Crippen LogP contribution in [-0.4, -0.2) is 40.1 Å². The molecule has 0 atom stereocenters. The molecule has 2 heterocycles. The van der Waals surface area contributed by atoms with Crippen LogP contribution < -0.4 is 10.6 Å². The van der Waals surface area contributed by atoms with Crippen LogP contribution in [0.1, 0.15) is 24.0 Å². The summed E-state index contributed by atoms with van der Waals surface area (Å²) in [6.07, 6.45) is 7.39. The van der Waals surface area contributed by atoms with E-state index in [4.69, 9.17) is 0 Å². The summed E-state index contributed by atoms with van der Waals surface area (Å²) in [5, 5.41) is 6.67. The van der Waals surface area contributed by atoms with Gasteiger partial charge in [0.2, 0.25) is 0 Å². The van der Waals surface area contributed by atoms with E-state index in [1.54, 1.807) is 0 Å². The maximum atomic E-state index is 4.69. The number of aliphatic imine (C=N–C) groups is 1. The Bertz CT molecular complexity index is 842. The van der Waals surface area contributed by atoms with Gasteiger partial charge in [-0.15, -0.1) is 0 Å². The van der Waals surface area contributed by atoms with Gasteiger partial charge in [0.1, 0.15) is 5.82 Å². The van der Waals surface area contributed by atoms with E-state index in [-0.39, 0.29) is 0 Å². The molecule has 0 aliphatic rings. The number of hydrogen-bond donors (Lipinski definition) is 2. The molecule has 3 rings (SSSR count). The molecule has 0 aliphatic heterocycles. The van der Waals surface area contributed by atoms with Crippen LogP contribution >= 0.6 is 0 Å². The molecule has 3 aromatic rings. The van der Waals surface area contributed by atoms with Crippen molar-refractivity contribution in [3.63, 3.8) is 0 Å². The average molecular weight is 377 g/mol. The Hall–Kier alpha value is -3.15. The van der Waals surface area contributed by atoms with Gasteiger partial charge in [-0.25, -0.2) is 4.98 Å². The van der Waals surface area contributed by atoms with Crippen molar-refractivity contribution in [2.75, 3.05) is 19.6 Å². The molecular formula is C22H28N6. The maximum Gasteiger partial charge on any atom is 0.191 e. The third-order valence-corrected chi connectivity index (χ3v) is 4.35. The molecule has 2 aromatic heterocycles. The molecule has 0 saturated carbocycles. The largest absolute Gasteiger partial charge is 0.357 e. The predicted octanol–water partition coefficient (Wildman–Crippen LogP) is 2.67. The summed E-state index contributed by atoms with van der Waals surface area (Å²) in [5.74, 6) is 1.89. The van der Waals surface area contributed by atoms with Gasteiger partial charge in [0.05, 0.1) is 0 Å². The van der Waals surface area contributed by atoms with Gasteiger partial charge in [0, 0.05) is 63.3 Å². The lowest BCUT2D eigenvalue weighted by Gasteiger charge is -2.11. The lowest BCUT2D eigenvalue weighted by atomic mass is 10.2. The molecule has 0 fully saturated rings. The minimum Gasteiger partial charge on any atom is -0.357 e. The third-order valence-electron chi connectivity index (χ3n) is 4.35. The van der Waals surface area contributed by atoms with Crippen LogP contribution in [0.25, 0.3) is 0 Å². The van der Waals surface area contributed by atoms with Gasteiger partial charge >= 0.3 is 0 Å². The minimum atomic E-state index is 0.685. The van der Waals surface area contributed by atoms with Crippen molar-refractivity contribution in [1.82, 2.24) is 25.2 Å². The highest BCUT2D eigenvalue weighted by molar-refractivity contribution is 5.79. The zero-order valence-electron chi connectivity index (χ0n) is 16.4. The summed E-state index contributed by atoms with van der Waals surface area (Å²) in [6, 6.07) is 16.4. The van der Waals surface area contributed by atoms with E-state index in [9.17, 15) is 0 Å². The Kier molecular flexibility index (Phi) is 7.61. The summed E-state index contributed by atoms with van der Waals surface area (Å²) >= 11 is 0. The number of pyridine rings is 1. The number of nitrogens with one attached hydrogen (secondary N) is 2. The summed E-state index contributed by atoms with van der Waals surface area (Å²) in [6.45, 7) is 5.22. The second-order valence-corrected chi connectivity index (χ2v) is 6.47. The predicted molar refractivity (Wildman–Crippen MR) is 113 cm³/mol. The zero-order chi connectivity index (χ0) is 19.4.